The molecule has 0 aliphatic heterocycles. The van der Waals surface area contributed by atoms with Gasteiger partial charge in [-0.25, -0.2) is 4.79 Å². The highest BCUT2D eigenvalue weighted by molar-refractivity contribution is 5.95. The summed E-state index contributed by atoms with van der Waals surface area (Å²) >= 11 is 0. The van der Waals surface area contributed by atoms with Crippen LogP contribution < -0.4 is 14.2 Å². The lowest BCUT2D eigenvalue weighted by molar-refractivity contribution is 0.0595. The number of ether oxygens (including phenoxy) is 4. The van der Waals surface area contributed by atoms with Gasteiger partial charge in [-0.1, -0.05) is 30.3 Å². The topological polar surface area (TPSA) is 54.0 Å². The molecule has 0 heterocycles. The van der Waals surface area contributed by atoms with E-state index in [2.05, 4.69) is 0 Å². The SMILES string of the molecule is COC(=O)c1c(C)cc(OCc2ccccc2)c(OC)c1OC. The molecule has 0 radical (unpaired) electrons. The first-order valence-electron chi connectivity index (χ1n) is 7.13. The molecule has 0 fully saturated rings. The van der Waals surface area contributed by atoms with Crippen molar-refractivity contribution in [2.45, 2.75) is 13.5 Å². The maximum absolute atomic E-state index is 12.0. The number of aryl methyl sites for hydroxylation is 1. The molecule has 0 aliphatic carbocycles. The van der Waals surface area contributed by atoms with Gasteiger partial charge in [0.05, 0.1) is 21.3 Å². The van der Waals surface area contributed by atoms with Crippen LogP contribution in [0.25, 0.3) is 0 Å². The second-order valence-corrected chi connectivity index (χ2v) is 4.90. The molecule has 0 N–H and O–H groups in total. The molecular weight excluding hydrogens is 296 g/mol. The van der Waals surface area contributed by atoms with E-state index < -0.39 is 5.97 Å². The summed E-state index contributed by atoms with van der Waals surface area (Å²) in [5, 5.41) is 0. The normalized spacial score (nSPS) is 10.1. The number of rotatable bonds is 6. The lowest BCUT2D eigenvalue weighted by Crippen LogP contribution is -2.09. The Morgan fingerprint density at radius 3 is 2.22 bits per heavy atom. The summed E-state index contributed by atoms with van der Waals surface area (Å²) in [6.45, 7) is 2.18. The first kappa shape index (κ1) is 16.7. The van der Waals surface area contributed by atoms with Crippen LogP contribution in [-0.4, -0.2) is 27.3 Å². The van der Waals surface area contributed by atoms with Crippen LogP contribution in [0.1, 0.15) is 21.5 Å². The summed E-state index contributed by atoms with van der Waals surface area (Å²) in [6.07, 6.45) is 0. The van der Waals surface area contributed by atoms with Gasteiger partial charge < -0.3 is 18.9 Å². The molecule has 2 aromatic carbocycles. The van der Waals surface area contributed by atoms with Crippen LogP contribution in [0.2, 0.25) is 0 Å². The minimum Gasteiger partial charge on any atom is -0.492 e. The van der Waals surface area contributed by atoms with Gasteiger partial charge in [0, 0.05) is 0 Å². The van der Waals surface area contributed by atoms with Gasteiger partial charge >= 0.3 is 5.97 Å². The number of carbonyl (C=O) groups excluding carboxylic acids is 1. The second kappa shape index (κ2) is 7.54. The van der Waals surface area contributed by atoms with Gasteiger partial charge in [0.2, 0.25) is 5.75 Å². The van der Waals surface area contributed by atoms with Gasteiger partial charge in [0.25, 0.3) is 0 Å². The van der Waals surface area contributed by atoms with Crippen LogP contribution in [0, 0.1) is 6.92 Å². The Morgan fingerprint density at radius 2 is 1.65 bits per heavy atom. The summed E-state index contributed by atoms with van der Waals surface area (Å²) in [5.74, 6) is 0.711. The highest BCUT2D eigenvalue weighted by Gasteiger charge is 2.24. The predicted octanol–water partition coefficient (Wildman–Crippen LogP) is 3.38. The lowest BCUT2D eigenvalue weighted by atomic mass is 10.1. The maximum Gasteiger partial charge on any atom is 0.342 e. The summed E-state index contributed by atoms with van der Waals surface area (Å²) in [6, 6.07) is 11.5. The van der Waals surface area contributed by atoms with Crippen molar-refractivity contribution < 1.29 is 23.7 Å². The molecule has 0 saturated heterocycles. The van der Waals surface area contributed by atoms with E-state index in [1.165, 1.54) is 21.3 Å². The number of hydrogen-bond donors (Lipinski definition) is 0. The minimum absolute atomic E-state index is 0.308. The van der Waals surface area contributed by atoms with E-state index >= 15 is 0 Å². The fourth-order valence-corrected chi connectivity index (χ4v) is 2.33. The van der Waals surface area contributed by atoms with E-state index in [0.717, 1.165) is 5.56 Å². The molecule has 0 amide bonds. The minimum atomic E-state index is -0.479. The number of hydrogen-bond acceptors (Lipinski definition) is 5. The average Bonchev–Trinajstić information content (AvgIpc) is 2.59. The third-order valence-corrected chi connectivity index (χ3v) is 3.43. The largest absolute Gasteiger partial charge is 0.492 e. The summed E-state index contributed by atoms with van der Waals surface area (Å²) in [7, 11) is 4.31. The van der Waals surface area contributed by atoms with E-state index in [9.17, 15) is 4.79 Å². The van der Waals surface area contributed by atoms with Crippen molar-refractivity contribution in [2.75, 3.05) is 21.3 Å². The predicted molar refractivity (Wildman–Crippen MR) is 86.4 cm³/mol. The Balaban J connectivity index is 2.40. The molecule has 0 unspecified atom stereocenters. The van der Waals surface area contributed by atoms with E-state index in [1.807, 2.05) is 30.3 Å². The fourth-order valence-electron chi connectivity index (χ4n) is 2.33. The Hall–Kier alpha value is -2.69. The van der Waals surface area contributed by atoms with E-state index in [4.69, 9.17) is 18.9 Å². The molecule has 0 spiro atoms. The molecule has 23 heavy (non-hydrogen) atoms. The Kier molecular flexibility index (Phi) is 5.46. The third-order valence-electron chi connectivity index (χ3n) is 3.43. The lowest BCUT2D eigenvalue weighted by Gasteiger charge is -2.18. The van der Waals surface area contributed by atoms with Crippen LogP contribution in [-0.2, 0) is 11.3 Å². The van der Waals surface area contributed by atoms with Crippen LogP contribution in [0.15, 0.2) is 36.4 Å². The molecule has 5 nitrogen and oxygen atoms in total. The Labute approximate surface area is 135 Å². The van der Waals surface area contributed by atoms with Gasteiger partial charge in [-0.05, 0) is 24.1 Å². The fraction of sp³-hybridized carbons (Fsp3) is 0.278. The molecule has 2 aromatic rings. The second-order valence-electron chi connectivity index (χ2n) is 4.90. The number of carbonyl (C=O) groups is 1. The standard InChI is InChI=1S/C18H20O5/c1-12-10-14(23-11-13-8-6-5-7-9-13)16(20-2)17(21-3)15(12)18(19)22-4/h5-10H,11H2,1-4H3. The summed E-state index contributed by atoms with van der Waals surface area (Å²) < 4.78 is 21.4. The van der Waals surface area contributed by atoms with Gasteiger partial charge in [-0.2, -0.15) is 0 Å². The summed E-state index contributed by atoms with van der Waals surface area (Å²) in [5.41, 5.74) is 2.06. The first-order chi connectivity index (χ1) is 11.1. The Bertz CT molecular complexity index is 680. The molecule has 5 heteroatoms. The summed E-state index contributed by atoms with van der Waals surface area (Å²) in [4.78, 5) is 12.0. The van der Waals surface area contributed by atoms with Crippen LogP contribution >= 0.6 is 0 Å². The van der Waals surface area contributed by atoms with Crippen molar-refractivity contribution in [2.24, 2.45) is 0 Å². The smallest absolute Gasteiger partial charge is 0.342 e. The van der Waals surface area contributed by atoms with Crippen molar-refractivity contribution >= 4 is 5.97 Å². The van der Waals surface area contributed by atoms with Gasteiger partial charge in [0.1, 0.15) is 12.2 Å². The van der Waals surface area contributed by atoms with Crippen molar-refractivity contribution in [1.82, 2.24) is 0 Å². The van der Waals surface area contributed by atoms with Crippen molar-refractivity contribution in [3.05, 3.63) is 53.1 Å². The molecule has 0 bridgehead atoms. The Morgan fingerprint density at radius 1 is 1.00 bits per heavy atom. The molecule has 0 saturated carbocycles. The maximum atomic E-state index is 12.0. The molecule has 0 aromatic heterocycles. The molecule has 0 aliphatic rings. The highest BCUT2D eigenvalue weighted by Crippen LogP contribution is 2.42. The van der Waals surface area contributed by atoms with Gasteiger partial charge in [0.15, 0.2) is 11.5 Å². The highest BCUT2D eigenvalue weighted by atomic mass is 16.5. The van der Waals surface area contributed by atoms with Gasteiger partial charge in [-0.15, -0.1) is 0 Å². The monoisotopic (exact) mass is 316 g/mol. The van der Waals surface area contributed by atoms with Crippen molar-refractivity contribution in [1.29, 1.82) is 0 Å². The quantitative estimate of drug-likeness (QED) is 0.765. The molecule has 122 valence electrons. The van der Waals surface area contributed by atoms with E-state index in [-0.39, 0.29) is 0 Å². The number of esters is 1. The molecule has 2 rings (SSSR count). The zero-order valence-electron chi connectivity index (χ0n) is 13.7. The number of methoxy groups -OCH3 is 3. The van der Waals surface area contributed by atoms with Crippen molar-refractivity contribution in [3.63, 3.8) is 0 Å². The zero-order chi connectivity index (χ0) is 16.8. The van der Waals surface area contributed by atoms with E-state index in [0.29, 0.717) is 35.0 Å². The van der Waals surface area contributed by atoms with Crippen molar-refractivity contribution in [3.8, 4) is 17.2 Å². The molecule has 0 atom stereocenters. The number of benzene rings is 2. The average molecular weight is 316 g/mol. The molecular formula is C18H20O5. The van der Waals surface area contributed by atoms with Crippen LogP contribution in [0.4, 0.5) is 0 Å². The van der Waals surface area contributed by atoms with Crippen LogP contribution in [0.3, 0.4) is 0 Å². The first-order valence-corrected chi connectivity index (χ1v) is 7.13. The van der Waals surface area contributed by atoms with Gasteiger partial charge in [-0.3, -0.25) is 0 Å². The van der Waals surface area contributed by atoms with Crippen LogP contribution in [0.5, 0.6) is 17.2 Å². The van der Waals surface area contributed by atoms with E-state index in [1.54, 1.807) is 13.0 Å². The zero-order valence-corrected chi connectivity index (χ0v) is 13.7. The third kappa shape index (κ3) is 3.56.